The molecule has 7 nitrogen and oxygen atoms in total. The van der Waals surface area contributed by atoms with Crippen LogP contribution in [0.3, 0.4) is 0 Å². The minimum absolute atomic E-state index is 0.261. The Morgan fingerprint density at radius 2 is 1.77 bits per heavy atom. The van der Waals surface area contributed by atoms with Gasteiger partial charge in [0.15, 0.2) is 11.5 Å². The largest absolute Gasteiger partial charge is 0.493 e. The lowest BCUT2D eigenvalue weighted by Crippen LogP contribution is -2.44. The molecule has 0 N–H and O–H groups in total. The number of hydrogen-bond donors (Lipinski definition) is 0. The fourth-order valence-electron chi connectivity index (χ4n) is 4.21. The molecule has 0 bridgehead atoms. The van der Waals surface area contributed by atoms with Crippen LogP contribution in [0.2, 0.25) is 0 Å². The van der Waals surface area contributed by atoms with Gasteiger partial charge in [-0.1, -0.05) is 30.4 Å². The Morgan fingerprint density at radius 3 is 2.45 bits per heavy atom. The van der Waals surface area contributed by atoms with Crippen LogP contribution < -0.4 is 14.2 Å². The molecule has 2 aliphatic rings. The van der Waals surface area contributed by atoms with E-state index in [2.05, 4.69) is 6.08 Å². The molecule has 2 aromatic carbocycles. The molecule has 2 atom stereocenters. The number of fused-ring (bicyclic) bond motifs is 3. The van der Waals surface area contributed by atoms with Gasteiger partial charge in [-0.3, -0.25) is 4.79 Å². The third-order valence-corrected chi connectivity index (χ3v) is 5.64. The molecule has 0 spiro atoms. The summed E-state index contributed by atoms with van der Waals surface area (Å²) in [6.45, 7) is 0.548. The fraction of sp³-hybridized carbons (Fsp3) is 0.333. The standard InChI is InChI=1S/C24H25NO6/c1-28-18-14-16-19(22(30-3)21(18)29-2)17-12-8-5-9-13-25(17)23(26)20(16)31-24(27)15-10-6-4-7-11-15/h4,6-8,10-12,14,17,20H,5,9,13H2,1-3H3/t17-,20+/m1/s1. The van der Waals surface area contributed by atoms with Crippen molar-refractivity contribution in [1.29, 1.82) is 0 Å². The highest BCUT2D eigenvalue weighted by Crippen LogP contribution is 2.51. The van der Waals surface area contributed by atoms with E-state index in [1.165, 1.54) is 14.2 Å². The number of benzene rings is 2. The van der Waals surface area contributed by atoms with Gasteiger partial charge >= 0.3 is 5.97 Å². The summed E-state index contributed by atoms with van der Waals surface area (Å²) in [6.07, 6.45) is 4.63. The zero-order chi connectivity index (χ0) is 22.0. The van der Waals surface area contributed by atoms with Crippen LogP contribution in [-0.4, -0.2) is 44.7 Å². The highest BCUT2D eigenvalue weighted by atomic mass is 16.6. The van der Waals surface area contributed by atoms with Crippen LogP contribution in [0, 0.1) is 0 Å². The summed E-state index contributed by atoms with van der Waals surface area (Å²) >= 11 is 0. The van der Waals surface area contributed by atoms with E-state index in [0.29, 0.717) is 34.9 Å². The van der Waals surface area contributed by atoms with Crippen molar-refractivity contribution in [2.75, 3.05) is 27.9 Å². The van der Waals surface area contributed by atoms with Gasteiger partial charge in [-0.2, -0.15) is 0 Å². The van der Waals surface area contributed by atoms with Crippen molar-refractivity contribution in [2.24, 2.45) is 0 Å². The van der Waals surface area contributed by atoms with Crippen LogP contribution >= 0.6 is 0 Å². The van der Waals surface area contributed by atoms with Gasteiger partial charge in [0.25, 0.3) is 5.91 Å². The summed E-state index contributed by atoms with van der Waals surface area (Å²) in [7, 11) is 4.59. The first-order valence-corrected chi connectivity index (χ1v) is 10.2. The lowest BCUT2D eigenvalue weighted by atomic mass is 9.88. The number of hydrogen-bond acceptors (Lipinski definition) is 6. The molecule has 4 rings (SSSR count). The Morgan fingerprint density at radius 1 is 1.03 bits per heavy atom. The van der Waals surface area contributed by atoms with Crippen molar-refractivity contribution in [3.63, 3.8) is 0 Å². The summed E-state index contributed by atoms with van der Waals surface area (Å²) in [4.78, 5) is 28.1. The second-order valence-electron chi connectivity index (χ2n) is 7.35. The number of esters is 1. The third-order valence-electron chi connectivity index (χ3n) is 5.64. The van der Waals surface area contributed by atoms with Gasteiger partial charge in [0.05, 0.1) is 32.9 Å². The minimum Gasteiger partial charge on any atom is -0.493 e. The molecule has 31 heavy (non-hydrogen) atoms. The molecule has 0 fully saturated rings. The van der Waals surface area contributed by atoms with E-state index in [9.17, 15) is 9.59 Å². The van der Waals surface area contributed by atoms with Gasteiger partial charge in [0, 0.05) is 17.7 Å². The van der Waals surface area contributed by atoms with E-state index in [1.54, 1.807) is 42.3 Å². The maximum absolute atomic E-state index is 13.5. The van der Waals surface area contributed by atoms with Gasteiger partial charge in [-0.25, -0.2) is 4.79 Å². The average molecular weight is 423 g/mol. The Labute approximate surface area is 181 Å². The number of amides is 1. The second-order valence-corrected chi connectivity index (χ2v) is 7.35. The van der Waals surface area contributed by atoms with Crippen LogP contribution in [0.25, 0.3) is 0 Å². The SMILES string of the molecule is COc1cc2c(c(OC)c1OC)[C@H]1C=CCCCN1C(=O)[C@H]2OC(=O)c1ccccc1. The number of rotatable bonds is 5. The molecule has 7 heteroatoms. The lowest BCUT2D eigenvalue weighted by molar-refractivity contribution is -0.144. The molecule has 2 aromatic rings. The van der Waals surface area contributed by atoms with Crippen molar-refractivity contribution in [3.05, 3.63) is 65.2 Å². The molecule has 0 radical (unpaired) electrons. The van der Waals surface area contributed by atoms with E-state index >= 15 is 0 Å². The zero-order valence-electron chi connectivity index (χ0n) is 17.8. The van der Waals surface area contributed by atoms with Crippen LogP contribution in [-0.2, 0) is 9.53 Å². The molecular weight excluding hydrogens is 398 g/mol. The second kappa shape index (κ2) is 8.71. The molecule has 1 amide bonds. The molecule has 2 aliphatic heterocycles. The summed E-state index contributed by atoms with van der Waals surface area (Å²) in [5, 5.41) is 0. The molecule has 0 saturated heterocycles. The van der Waals surface area contributed by atoms with Crippen LogP contribution in [0.15, 0.2) is 48.6 Å². The fourth-order valence-corrected chi connectivity index (χ4v) is 4.21. The normalized spacial score (nSPS) is 19.7. The minimum atomic E-state index is -1.11. The van der Waals surface area contributed by atoms with Crippen LogP contribution in [0.1, 0.15) is 46.5 Å². The molecule has 162 valence electrons. The molecule has 2 heterocycles. The highest BCUT2D eigenvalue weighted by Gasteiger charge is 2.44. The summed E-state index contributed by atoms with van der Waals surface area (Å²) in [5.74, 6) is 0.471. The van der Waals surface area contributed by atoms with Gasteiger partial charge in [-0.05, 0) is 31.0 Å². The monoisotopic (exact) mass is 423 g/mol. The number of allylic oxidation sites excluding steroid dienone is 1. The maximum Gasteiger partial charge on any atom is 0.339 e. The average Bonchev–Trinajstić information content (AvgIpc) is 3.07. The quantitative estimate of drug-likeness (QED) is 0.537. The smallest absolute Gasteiger partial charge is 0.339 e. The summed E-state index contributed by atoms with van der Waals surface area (Å²) < 4.78 is 22.5. The van der Waals surface area contributed by atoms with Crippen LogP contribution in [0.4, 0.5) is 0 Å². The van der Waals surface area contributed by atoms with Crippen molar-refractivity contribution in [2.45, 2.75) is 25.0 Å². The first-order valence-electron chi connectivity index (χ1n) is 10.2. The predicted octanol–water partition coefficient (Wildman–Crippen LogP) is 3.84. The summed E-state index contributed by atoms with van der Waals surface area (Å²) in [5.41, 5.74) is 1.66. The van der Waals surface area contributed by atoms with Gasteiger partial charge < -0.3 is 23.8 Å². The number of carbonyl (C=O) groups is 2. The molecular formula is C24H25NO6. The van der Waals surface area contributed by atoms with Crippen LogP contribution in [0.5, 0.6) is 17.2 Å². The Hall–Kier alpha value is -3.48. The number of nitrogens with zero attached hydrogens (tertiary/aromatic N) is 1. The Bertz CT molecular complexity index is 1020. The molecule has 0 unspecified atom stereocenters. The van der Waals surface area contributed by atoms with E-state index in [0.717, 1.165) is 18.4 Å². The first-order chi connectivity index (χ1) is 15.1. The van der Waals surface area contributed by atoms with Crippen molar-refractivity contribution in [1.82, 2.24) is 4.90 Å². The van der Waals surface area contributed by atoms with E-state index in [4.69, 9.17) is 18.9 Å². The summed E-state index contributed by atoms with van der Waals surface area (Å²) in [6, 6.07) is 9.99. The van der Waals surface area contributed by atoms with Gasteiger partial charge in [0.2, 0.25) is 11.9 Å². The molecule has 0 aromatic heterocycles. The van der Waals surface area contributed by atoms with E-state index < -0.39 is 12.1 Å². The third kappa shape index (κ3) is 3.60. The maximum atomic E-state index is 13.5. The van der Waals surface area contributed by atoms with E-state index in [-0.39, 0.29) is 11.9 Å². The zero-order valence-corrected chi connectivity index (χ0v) is 17.8. The van der Waals surface area contributed by atoms with E-state index in [1.807, 2.05) is 12.1 Å². The van der Waals surface area contributed by atoms with Gasteiger partial charge in [-0.15, -0.1) is 0 Å². The van der Waals surface area contributed by atoms with Crippen molar-refractivity contribution in [3.8, 4) is 17.2 Å². The molecule has 0 saturated carbocycles. The van der Waals surface area contributed by atoms with Crippen molar-refractivity contribution >= 4 is 11.9 Å². The number of ether oxygens (including phenoxy) is 4. The topological polar surface area (TPSA) is 74.3 Å². The predicted molar refractivity (Wildman–Crippen MR) is 114 cm³/mol. The number of methoxy groups -OCH3 is 3. The Balaban J connectivity index is 1.88. The lowest BCUT2D eigenvalue weighted by Gasteiger charge is -2.39. The van der Waals surface area contributed by atoms with Gasteiger partial charge in [0.1, 0.15) is 0 Å². The highest BCUT2D eigenvalue weighted by molar-refractivity contribution is 5.94. The first kappa shape index (κ1) is 20.8. The Kier molecular flexibility index (Phi) is 5.84. The van der Waals surface area contributed by atoms with Crippen molar-refractivity contribution < 1.29 is 28.5 Å². The molecule has 0 aliphatic carbocycles. The number of carbonyl (C=O) groups excluding carboxylic acids is 2.